The lowest BCUT2D eigenvalue weighted by molar-refractivity contribution is 0.0255. The molecule has 9 heteroatoms. The molecule has 1 fully saturated rings. The molecule has 33 heavy (non-hydrogen) atoms. The molecule has 0 aliphatic carbocycles. The van der Waals surface area contributed by atoms with Gasteiger partial charge < -0.3 is 14.6 Å². The summed E-state index contributed by atoms with van der Waals surface area (Å²) >= 11 is 18.1. The van der Waals surface area contributed by atoms with Crippen molar-refractivity contribution in [3.63, 3.8) is 0 Å². The van der Waals surface area contributed by atoms with Crippen LogP contribution >= 0.6 is 34.8 Å². The van der Waals surface area contributed by atoms with E-state index in [-0.39, 0.29) is 17.0 Å². The summed E-state index contributed by atoms with van der Waals surface area (Å²) in [5.74, 6) is 0.734. The Bertz CT molecular complexity index is 1090. The van der Waals surface area contributed by atoms with E-state index in [0.717, 1.165) is 48.5 Å². The van der Waals surface area contributed by atoms with E-state index in [4.69, 9.17) is 39.5 Å². The number of H-pyrrole nitrogens is 1. The summed E-state index contributed by atoms with van der Waals surface area (Å²) in [7, 11) is 0. The summed E-state index contributed by atoms with van der Waals surface area (Å²) in [6.07, 6.45) is 4.91. The Morgan fingerprint density at radius 1 is 1.15 bits per heavy atom. The van der Waals surface area contributed by atoms with Gasteiger partial charge >= 0.3 is 6.09 Å². The maximum Gasteiger partial charge on any atom is 0.410 e. The Hall–Kier alpha value is -2.02. The number of ether oxygens (including phenoxy) is 1. The van der Waals surface area contributed by atoms with Gasteiger partial charge in [0.25, 0.3) is 0 Å². The predicted octanol–water partition coefficient (Wildman–Crippen LogP) is 7.63. The average molecular weight is 512 g/mol. The van der Waals surface area contributed by atoms with Crippen LogP contribution in [0.2, 0.25) is 15.3 Å². The summed E-state index contributed by atoms with van der Waals surface area (Å²) in [6.45, 7) is 9.66. The van der Waals surface area contributed by atoms with Crippen molar-refractivity contribution < 1.29 is 9.53 Å². The molecule has 1 aromatic carbocycles. The number of carbonyl (C=O) groups is 1. The smallest absolute Gasteiger partial charge is 0.410 e. The van der Waals surface area contributed by atoms with Crippen LogP contribution in [-0.4, -0.2) is 44.6 Å². The van der Waals surface area contributed by atoms with Crippen molar-refractivity contribution in [2.45, 2.75) is 52.6 Å². The number of hydrogen-bond donors (Lipinski definition) is 1. The quantitative estimate of drug-likeness (QED) is 0.341. The van der Waals surface area contributed by atoms with E-state index >= 15 is 0 Å². The van der Waals surface area contributed by atoms with E-state index in [1.54, 1.807) is 24.4 Å². The molecule has 0 bridgehead atoms. The highest BCUT2D eigenvalue weighted by atomic mass is 35.5. The van der Waals surface area contributed by atoms with Gasteiger partial charge in [0, 0.05) is 30.2 Å². The number of halogens is 3. The number of amides is 1. The van der Waals surface area contributed by atoms with Crippen molar-refractivity contribution in [2.24, 2.45) is 5.92 Å². The molecule has 1 N–H and O–H groups in total. The number of carbonyl (C=O) groups excluding carboxylic acids is 1. The summed E-state index contributed by atoms with van der Waals surface area (Å²) in [6, 6.07) is 7.26. The number of aromatic amines is 1. The third kappa shape index (κ3) is 7.23. The Labute approximate surface area is 209 Å². The Kier molecular flexibility index (Phi) is 8.48. The van der Waals surface area contributed by atoms with E-state index in [9.17, 15) is 4.79 Å². The van der Waals surface area contributed by atoms with E-state index in [2.05, 4.69) is 21.9 Å². The molecule has 1 atom stereocenters. The first kappa shape index (κ1) is 25.6. The van der Waals surface area contributed by atoms with Crippen LogP contribution in [0.5, 0.6) is 0 Å². The molecular formula is C24H29Cl3N4O2. The van der Waals surface area contributed by atoms with E-state index in [0.29, 0.717) is 15.7 Å². The molecule has 1 amide bonds. The molecule has 1 unspecified atom stereocenters. The number of fused-ring (bicyclic) bond motifs is 1. The van der Waals surface area contributed by atoms with Crippen molar-refractivity contribution in [1.29, 1.82) is 0 Å². The second kappa shape index (κ2) is 10.9. The van der Waals surface area contributed by atoms with Crippen molar-refractivity contribution in [3.05, 3.63) is 45.8 Å². The Morgan fingerprint density at radius 3 is 2.52 bits per heavy atom. The Balaban J connectivity index is 0.000000190. The number of rotatable bonds is 1. The molecule has 0 spiro atoms. The highest BCUT2D eigenvalue weighted by molar-refractivity contribution is 6.39. The lowest BCUT2D eigenvalue weighted by Gasteiger charge is -2.26. The van der Waals surface area contributed by atoms with Crippen LogP contribution in [0.15, 0.2) is 30.5 Å². The third-order valence-corrected chi connectivity index (χ3v) is 6.05. The molecule has 1 aliphatic rings. The van der Waals surface area contributed by atoms with Crippen LogP contribution in [0.4, 0.5) is 4.79 Å². The van der Waals surface area contributed by atoms with Gasteiger partial charge in [0.2, 0.25) is 5.28 Å². The van der Waals surface area contributed by atoms with Crippen molar-refractivity contribution >= 4 is 51.9 Å². The molecule has 3 heterocycles. The van der Waals surface area contributed by atoms with Crippen LogP contribution < -0.4 is 0 Å². The van der Waals surface area contributed by atoms with E-state index < -0.39 is 0 Å². The first-order valence-electron chi connectivity index (χ1n) is 11.0. The fourth-order valence-corrected chi connectivity index (χ4v) is 4.29. The van der Waals surface area contributed by atoms with Crippen molar-refractivity contribution in [3.8, 4) is 11.3 Å². The number of aromatic nitrogens is 3. The number of likely N-dealkylation sites (tertiary alicyclic amines) is 1. The largest absolute Gasteiger partial charge is 0.444 e. The summed E-state index contributed by atoms with van der Waals surface area (Å²) in [5, 5.41) is 2.20. The van der Waals surface area contributed by atoms with Crippen LogP contribution in [-0.2, 0) is 4.74 Å². The minimum atomic E-state index is -0.380. The topological polar surface area (TPSA) is 71.1 Å². The summed E-state index contributed by atoms with van der Waals surface area (Å²) in [4.78, 5) is 24.8. The molecule has 2 aromatic heterocycles. The highest BCUT2D eigenvalue weighted by Gasteiger charge is 2.23. The monoisotopic (exact) mass is 510 g/mol. The Morgan fingerprint density at radius 2 is 1.85 bits per heavy atom. The predicted molar refractivity (Wildman–Crippen MR) is 135 cm³/mol. The van der Waals surface area contributed by atoms with E-state index in [1.165, 1.54) is 6.42 Å². The van der Waals surface area contributed by atoms with Gasteiger partial charge in [-0.15, -0.1) is 0 Å². The molecule has 1 aliphatic heterocycles. The van der Waals surface area contributed by atoms with Gasteiger partial charge in [-0.1, -0.05) is 36.2 Å². The van der Waals surface area contributed by atoms with Crippen LogP contribution in [0.1, 0.15) is 47.0 Å². The molecule has 4 rings (SSSR count). The number of nitrogens with zero attached hydrogens (tertiary/aromatic N) is 3. The summed E-state index contributed by atoms with van der Waals surface area (Å²) in [5.41, 5.74) is 1.81. The maximum absolute atomic E-state index is 11.8. The normalized spacial score (nSPS) is 16.7. The van der Waals surface area contributed by atoms with Gasteiger partial charge in [-0.3, -0.25) is 0 Å². The number of nitrogens with one attached hydrogen (secondary N) is 1. The molecule has 6 nitrogen and oxygen atoms in total. The van der Waals surface area contributed by atoms with Gasteiger partial charge in [-0.05, 0) is 75.8 Å². The third-order valence-electron chi connectivity index (χ3n) is 5.24. The second-order valence-corrected chi connectivity index (χ2v) is 10.4. The standard InChI is InChI=1S/C12H6Cl3N3.C12H23NO2/c13-7-2-1-3-8(14)10(7)9-4-6-5-16-12(15)18-11(6)17-9;1-10-6-5-8-13(9-7-10)11(14)15-12(2,3)4/h1-5H,(H,16,17,18);10H,5-9H2,1-4H3. The second-order valence-electron chi connectivity index (χ2n) is 9.23. The van der Waals surface area contributed by atoms with Gasteiger partial charge in [0.15, 0.2) is 0 Å². The van der Waals surface area contributed by atoms with Gasteiger partial charge in [0.1, 0.15) is 11.2 Å². The first-order chi connectivity index (χ1) is 15.5. The zero-order valence-corrected chi connectivity index (χ0v) is 21.6. The lowest BCUT2D eigenvalue weighted by atomic mass is 10.0. The fourth-order valence-electron chi connectivity index (χ4n) is 3.56. The maximum atomic E-state index is 11.8. The van der Waals surface area contributed by atoms with Gasteiger partial charge in [-0.2, -0.15) is 4.98 Å². The molecule has 0 saturated carbocycles. The lowest BCUT2D eigenvalue weighted by Crippen LogP contribution is -2.37. The number of benzene rings is 1. The minimum absolute atomic E-state index is 0.156. The van der Waals surface area contributed by atoms with Crippen molar-refractivity contribution in [2.75, 3.05) is 13.1 Å². The van der Waals surface area contributed by atoms with Gasteiger partial charge in [-0.25, -0.2) is 9.78 Å². The van der Waals surface area contributed by atoms with Crippen LogP contribution in [0.25, 0.3) is 22.3 Å². The minimum Gasteiger partial charge on any atom is -0.444 e. The molecule has 1 saturated heterocycles. The average Bonchev–Trinajstić information content (AvgIpc) is 2.98. The SMILES string of the molecule is CC1CCCN(C(=O)OC(C)(C)C)CC1.Clc1ncc2cc(-c3c(Cl)cccc3Cl)[nH]c2n1. The van der Waals surface area contributed by atoms with Gasteiger partial charge in [0.05, 0.1) is 15.7 Å². The van der Waals surface area contributed by atoms with E-state index in [1.807, 2.05) is 31.7 Å². The fraction of sp³-hybridized carbons (Fsp3) is 0.458. The molecule has 178 valence electrons. The molecule has 3 aromatic rings. The highest BCUT2D eigenvalue weighted by Crippen LogP contribution is 2.35. The molecular weight excluding hydrogens is 483 g/mol. The first-order valence-corrected chi connectivity index (χ1v) is 12.1. The zero-order chi connectivity index (χ0) is 24.2. The molecule has 0 radical (unpaired) electrons. The summed E-state index contributed by atoms with van der Waals surface area (Å²) < 4.78 is 5.35. The number of hydrogen-bond acceptors (Lipinski definition) is 4. The van der Waals surface area contributed by atoms with Crippen LogP contribution in [0, 0.1) is 5.92 Å². The van der Waals surface area contributed by atoms with Crippen LogP contribution in [0.3, 0.4) is 0 Å². The van der Waals surface area contributed by atoms with Crippen molar-refractivity contribution in [1.82, 2.24) is 19.9 Å². The zero-order valence-electron chi connectivity index (χ0n) is 19.3.